The highest BCUT2D eigenvalue weighted by Crippen LogP contribution is 2.35. The van der Waals surface area contributed by atoms with Crippen molar-refractivity contribution in [3.05, 3.63) is 12.2 Å². The van der Waals surface area contributed by atoms with Crippen molar-refractivity contribution in [3.63, 3.8) is 0 Å². The molecule has 29 heavy (non-hydrogen) atoms. The molecule has 1 rings (SSSR count). The number of carbonyl (C=O) groups excluding carboxylic acids is 3. The van der Waals surface area contributed by atoms with Gasteiger partial charge in [0.05, 0.1) is 12.2 Å². The van der Waals surface area contributed by atoms with Crippen LogP contribution in [0.1, 0.15) is 75.2 Å². The van der Waals surface area contributed by atoms with E-state index in [1.54, 1.807) is 0 Å². The quantitative estimate of drug-likeness (QED) is 0.559. The Morgan fingerprint density at radius 1 is 0.966 bits per heavy atom. The van der Waals surface area contributed by atoms with E-state index >= 15 is 0 Å². The highest BCUT2D eigenvalue weighted by atomic mass is 16.5. The minimum Gasteiger partial charge on any atom is -0.375 e. The molecule has 0 saturated heterocycles. The molecule has 0 radical (unpaired) electrons. The molecule has 0 aromatic heterocycles. The number of hydrogen-bond donors (Lipinski definition) is 1. The van der Waals surface area contributed by atoms with Crippen molar-refractivity contribution in [1.29, 1.82) is 0 Å². The minimum absolute atomic E-state index is 0.0330. The van der Waals surface area contributed by atoms with Gasteiger partial charge in [0.15, 0.2) is 0 Å². The summed E-state index contributed by atoms with van der Waals surface area (Å²) in [4.78, 5) is 37.7. The first-order chi connectivity index (χ1) is 12.9. The molecule has 0 aliphatic carbocycles. The maximum atomic E-state index is 12.8. The Balaban J connectivity index is 2.55. The fourth-order valence-electron chi connectivity index (χ4n) is 3.55. The van der Waals surface area contributed by atoms with Crippen LogP contribution < -0.4 is 5.32 Å². The van der Waals surface area contributed by atoms with Gasteiger partial charge in [0.1, 0.15) is 0 Å². The molecule has 0 fully saturated rings. The molecule has 0 bridgehead atoms. The Morgan fingerprint density at radius 2 is 1.48 bits per heavy atom. The summed E-state index contributed by atoms with van der Waals surface area (Å²) in [5.41, 5.74) is -1.22. The number of ether oxygens (including phenoxy) is 1. The fraction of sp³-hybridized carbons (Fsp3) is 0.783. The van der Waals surface area contributed by atoms with E-state index in [-0.39, 0.29) is 34.2 Å². The van der Waals surface area contributed by atoms with Crippen LogP contribution in [0.5, 0.6) is 0 Å². The first kappa shape index (κ1) is 25.3. The number of imide groups is 1. The molecule has 6 heteroatoms. The van der Waals surface area contributed by atoms with Crippen molar-refractivity contribution < 1.29 is 19.1 Å². The van der Waals surface area contributed by atoms with Crippen LogP contribution in [0.3, 0.4) is 0 Å². The first-order valence-electron chi connectivity index (χ1n) is 10.4. The molecule has 6 nitrogen and oxygen atoms in total. The van der Waals surface area contributed by atoms with Crippen LogP contribution in [-0.4, -0.2) is 47.9 Å². The van der Waals surface area contributed by atoms with Crippen LogP contribution in [-0.2, 0) is 19.1 Å². The molecule has 3 amide bonds. The summed E-state index contributed by atoms with van der Waals surface area (Å²) >= 11 is 0. The largest absolute Gasteiger partial charge is 0.375 e. The average Bonchev–Trinajstić information content (AvgIpc) is 2.82. The molecule has 0 atom stereocenters. The molecule has 1 aliphatic rings. The van der Waals surface area contributed by atoms with Crippen molar-refractivity contribution in [3.8, 4) is 0 Å². The van der Waals surface area contributed by atoms with E-state index in [1.807, 2.05) is 41.5 Å². The topological polar surface area (TPSA) is 75.7 Å². The average molecular weight is 409 g/mol. The first-order valence-corrected chi connectivity index (χ1v) is 10.4. The van der Waals surface area contributed by atoms with E-state index < -0.39 is 5.41 Å². The lowest BCUT2D eigenvalue weighted by molar-refractivity contribution is -0.139. The van der Waals surface area contributed by atoms with Crippen LogP contribution in [0.2, 0.25) is 0 Å². The van der Waals surface area contributed by atoms with Crippen LogP contribution >= 0.6 is 0 Å². The molecule has 1 N–H and O–H groups in total. The third kappa shape index (κ3) is 8.69. The Labute approximate surface area is 176 Å². The molecule has 166 valence electrons. The highest BCUT2D eigenvalue weighted by Gasteiger charge is 2.38. The van der Waals surface area contributed by atoms with Gasteiger partial charge in [-0.2, -0.15) is 0 Å². The third-order valence-corrected chi connectivity index (χ3v) is 4.93. The van der Waals surface area contributed by atoms with Gasteiger partial charge >= 0.3 is 0 Å². The molecule has 0 unspecified atom stereocenters. The Bertz CT molecular complexity index is 636. The van der Waals surface area contributed by atoms with E-state index in [1.165, 1.54) is 17.1 Å². The number of nitrogens with one attached hydrogen (secondary N) is 1. The lowest BCUT2D eigenvalue weighted by Gasteiger charge is -2.36. The van der Waals surface area contributed by atoms with Gasteiger partial charge < -0.3 is 10.1 Å². The Hall–Kier alpha value is -1.69. The maximum Gasteiger partial charge on any atom is 0.253 e. The van der Waals surface area contributed by atoms with E-state index in [9.17, 15) is 14.4 Å². The maximum absolute atomic E-state index is 12.8. The lowest BCUT2D eigenvalue weighted by atomic mass is 9.74. The molecule has 0 spiro atoms. The third-order valence-electron chi connectivity index (χ3n) is 4.93. The normalized spacial score (nSPS) is 16.0. The van der Waals surface area contributed by atoms with E-state index in [4.69, 9.17) is 4.74 Å². The van der Waals surface area contributed by atoms with Gasteiger partial charge in [-0.05, 0) is 37.5 Å². The van der Waals surface area contributed by atoms with E-state index in [0.29, 0.717) is 26.1 Å². The van der Waals surface area contributed by atoms with Crippen molar-refractivity contribution in [1.82, 2.24) is 10.2 Å². The molecular formula is C23H40N2O4. The van der Waals surface area contributed by atoms with Crippen molar-refractivity contribution >= 4 is 17.7 Å². The minimum atomic E-state index is -0.626. The second-order valence-corrected chi connectivity index (χ2v) is 11.4. The van der Waals surface area contributed by atoms with Gasteiger partial charge in [0.25, 0.3) is 11.8 Å². The van der Waals surface area contributed by atoms with Gasteiger partial charge in [0, 0.05) is 30.7 Å². The SMILES string of the molecule is CC(C)(C)COC(C)(C)CCNC(=O)C(C)(C)CC(C)(C)CN1C(=O)C=CC1=O. The molecule has 0 aromatic carbocycles. The predicted molar refractivity (Wildman–Crippen MR) is 115 cm³/mol. The zero-order valence-electron chi connectivity index (χ0n) is 19.8. The second kappa shape index (κ2) is 8.99. The molecule has 1 aliphatic heterocycles. The second-order valence-electron chi connectivity index (χ2n) is 11.4. The van der Waals surface area contributed by atoms with E-state index in [2.05, 4.69) is 26.1 Å². The summed E-state index contributed by atoms with van der Waals surface area (Å²) in [5, 5.41) is 3.03. The summed E-state index contributed by atoms with van der Waals surface area (Å²) in [6.45, 7) is 19.7. The smallest absolute Gasteiger partial charge is 0.253 e. The number of rotatable bonds is 10. The van der Waals surface area contributed by atoms with Crippen molar-refractivity contribution in [2.24, 2.45) is 16.2 Å². The van der Waals surface area contributed by atoms with Gasteiger partial charge in [-0.3, -0.25) is 19.3 Å². The summed E-state index contributed by atoms with van der Waals surface area (Å²) < 4.78 is 6.01. The number of nitrogens with zero attached hydrogens (tertiary/aromatic N) is 1. The zero-order valence-corrected chi connectivity index (χ0v) is 19.8. The van der Waals surface area contributed by atoms with Crippen molar-refractivity contribution in [2.75, 3.05) is 19.7 Å². The van der Waals surface area contributed by atoms with Crippen LogP contribution in [0.15, 0.2) is 12.2 Å². The Morgan fingerprint density at radius 3 is 1.97 bits per heavy atom. The summed E-state index contributed by atoms with van der Waals surface area (Å²) in [6.07, 6.45) is 3.85. The van der Waals surface area contributed by atoms with Gasteiger partial charge in [-0.25, -0.2) is 0 Å². The Kier molecular flexibility index (Phi) is 7.85. The summed E-state index contributed by atoms with van der Waals surface area (Å²) in [6, 6.07) is 0. The number of carbonyl (C=O) groups is 3. The monoisotopic (exact) mass is 408 g/mol. The number of hydrogen-bond acceptors (Lipinski definition) is 4. The predicted octanol–water partition coefficient (Wildman–Crippen LogP) is 3.70. The zero-order chi connectivity index (χ0) is 22.7. The van der Waals surface area contributed by atoms with E-state index in [0.717, 1.165) is 6.42 Å². The van der Waals surface area contributed by atoms with Gasteiger partial charge in [-0.1, -0.05) is 48.5 Å². The van der Waals surface area contributed by atoms with Crippen molar-refractivity contribution in [2.45, 2.75) is 80.8 Å². The lowest BCUT2D eigenvalue weighted by Crippen LogP contribution is -2.45. The molecule has 1 heterocycles. The molecule has 0 saturated carbocycles. The van der Waals surface area contributed by atoms with Crippen LogP contribution in [0.4, 0.5) is 0 Å². The molecule has 0 aromatic rings. The fourth-order valence-corrected chi connectivity index (χ4v) is 3.55. The summed E-state index contributed by atoms with van der Waals surface area (Å²) in [7, 11) is 0. The standard InChI is InChI=1S/C23H40N2O4/c1-20(2,3)16-29-23(8,9)12-13-24-19(28)22(6,7)14-21(4,5)15-25-17(26)10-11-18(25)27/h10-11H,12-16H2,1-9H3,(H,24,28). The van der Waals surface area contributed by atoms with Crippen LogP contribution in [0.25, 0.3) is 0 Å². The van der Waals surface area contributed by atoms with Gasteiger partial charge in [0.2, 0.25) is 5.91 Å². The van der Waals surface area contributed by atoms with Gasteiger partial charge in [-0.15, -0.1) is 0 Å². The number of amides is 3. The molecular weight excluding hydrogens is 368 g/mol. The summed E-state index contributed by atoms with van der Waals surface area (Å²) in [5.74, 6) is -0.611. The van der Waals surface area contributed by atoms with Crippen LogP contribution in [0, 0.1) is 16.2 Å². The highest BCUT2D eigenvalue weighted by molar-refractivity contribution is 6.12.